The van der Waals surface area contributed by atoms with Gasteiger partial charge in [0.05, 0.1) is 16.6 Å². The van der Waals surface area contributed by atoms with Crippen LogP contribution >= 0.6 is 11.3 Å². The Balaban J connectivity index is 1.76. The maximum atomic E-state index is 2.47. The molecule has 2 heteroatoms. The Labute approximate surface area is 187 Å². The van der Waals surface area contributed by atoms with Crippen molar-refractivity contribution in [1.29, 1.82) is 0 Å². The number of para-hydroxylation sites is 1. The molecule has 0 bridgehead atoms. The van der Waals surface area contributed by atoms with Crippen LogP contribution < -0.4 is 0 Å². The standard InChI is InChI=1S/C30H17NS/c1-3-9-20-18(7-1)13-14-22-26-15-19-8-2-5-11-25(19)31(26)27-16-23-21-10-4-6-12-28(21)32-29(23)17-24(27)30(20)22/h1-17H. The molecule has 3 heterocycles. The summed E-state index contributed by atoms with van der Waals surface area (Å²) in [6.45, 7) is 0. The van der Waals surface area contributed by atoms with Crippen LogP contribution in [0.4, 0.5) is 0 Å². The van der Waals surface area contributed by atoms with Crippen molar-refractivity contribution < 1.29 is 0 Å². The van der Waals surface area contributed by atoms with Gasteiger partial charge in [0.15, 0.2) is 0 Å². The second-order valence-electron chi connectivity index (χ2n) is 8.60. The van der Waals surface area contributed by atoms with E-state index in [9.17, 15) is 0 Å². The molecule has 8 rings (SSSR count). The molecule has 0 atom stereocenters. The molecule has 1 nitrogen and oxygen atoms in total. The lowest BCUT2D eigenvalue weighted by atomic mass is 9.97. The number of hydrogen-bond acceptors (Lipinski definition) is 1. The van der Waals surface area contributed by atoms with Crippen molar-refractivity contribution in [2.75, 3.05) is 0 Å². The summed E-state index contributed by atoms with van der Waals surface area (Å²) < 4.78 is 5.16. The van der Waals surface area contributed by atoms with Gasteiger partial charge in [-0.15, -0.1) is 11.3 Å². The Bertz CT molecular complexity index is 2040. The van der Waals surface area contributed by atoms with Crippen LogP contribution in [-0.4, -0.2) is 4.40 Å². The van der Waals surface area contributed by atoms with Crippen molar-refractivity contribution in [2.45, 2.75) is 0 Å². The van der Waals surface area contributed by atoms with E-state index in [1.807, 2.05) is 11.3 Å². The number of hydrogen-bond donors (Lipinski definition) is 0. The van der Waals surface area contributed by atoms with Gasteiger partial charge in [-0.3, -0.25) is 0 Å². The van der Waals surface area contributed by atoms with E-state index in [1.54, 1.807) is 0 Å². The molecule has 32 heavy (non-hydrogen) atoms. The van der Waals surface area contributed by atoms with E-state index in [1.165, 1.54) is 69.0 Å². The Morgan fingerprint density at radius 1 is 0.438 bits per heavy atom. The predicted molar refractivity (Wildman–Crippen MR) is 140 cm³/mol. The normalized spacial score (nSPS) is 12.4. The minimum atomic E-state index is 1.27. The van der Waals surface area contributed by atoms with E-state index in [0.717, 1.165) is 0 Å². The fourth-order valence-electron chi connectivity index (χ4n) is 5.53. The highest BCUT2D eigenvalue weighted by Crippen LogP contribution is 2.42. The third-order valence-electron chi connectivity index (χ3n) is 6.92. The first-order chi connectivity index (χ1) is 15.9. The van der Waals surface area contributed by atoms with Crippen LogP contribution in [0.1, 0.15) is 0 Å². The fourth-order valence-corrected chi connectivity index (χ4v) is 6.66. The highest BCUT2D eigenvalue weighted by Gasteiger charge is 2.16. The summed E-state index contributed by atoms with van der Waals surface area (Å²) in [4.78, 5) is 0. The van der Waals surface area contributed by atoms with Gasteiger partial charge in [0.1, 0.15) is 0 Å². The van der Waals surface area contributed by atoms with Crippen molar-refractivity contribution in [1.82, 2.24) is 4.40 Å². The Hall–Kier alpha value is -3.88. The van der Waals surface area contributed by atoms with Crippen LogP contribution in [0.25, 0.3) is 69.0 Å². The van der Waals surface area contributed by atoms with Crippen molar-refractivity contribution in [3.63, 3.8) is 0 Å². The van der Waals surface area contributed by atoms with Gasteiger partial charge in [-0.2, -0.15) is 0 Å². The molecule has 0 radical (unpaired) electrons. The van der Waals surface area contributed by atoms with Crippen LogP contribution in [-0.2, 0) is 0 Å². The van der Waals surface area contributed by atoms with Crippen molar-refractivity contribution in [2.24, 2.45) is 0 Å². The number of aromatic nitrogens is 1. The molecule has 3 aromatic heterocycles. The molecular weight excluding hydrogens is 406 g/mol. The molecule has 0 saturated heterocycles. The summed E-state index contributed by atoms with van der Waals surface area (Å²) in [5.74, 6) is 0. The van der Waals surface area contributed by atoms with Gasteiger partial charge in [-0.05, 0) is 41.1 Å². The minimum absolute atomic E-state index is 1.27. The summed E-state index contributed by atoms with van der Waals surface area (Å²) in [6, 6.07) is 38.0. The first-order valence-electron chi connectivity index (χ1n) is 11.0. The number of pyridine rings is 1. The lowest BCUT2D eigenvalue weighted by Gasteiger charge is -2.13. The first-order valence-corrected chi connectivity index (χ1v) is 11.8. The second-order valence-corrected chi connectivity index (χ2v) is 9.68. The molecule has 0 aliphatic carbocycles. The molecule has 0 aliphatic rings. The van der Waals surface area contributed by atoms with Crippen LogP contribution in [0, 0.1) is 0 Å². The molecule has 5 aromatic carbocycles. The highest BCUT2D eigenvalue weighted by atomic mass is 32.1. The largest absolute Gasteiger partial charge is 0.309 e. The molecule has 0 saturated carbocycles. The van der Waals surface area contributed by atoms with Crippen LogP contribution in [0.2, 0.25) is 0 Å². The van der Waals surface area contributed by atoms with Gasteiger partial charge in [0, 0.05) is 41.7 Å². The van der Waals surface area contributed by atoms with Gasteiger partial charge in [0.25, 0.3) is 0 Å². The summed E-state index contributed by atoms with van der Waals surface area (Å²) in [7, 11) is 0. The minimum Gasteiger partial charge on any atom is -0.309 e. The molecule has 0 amide bonds. The number of fused-ring (bicyclic) bond motifs is 13. The van der Waals surface area contributed by atoms with E-state index in [4.69, 9.17) is 0 Å². The molecule has 0 spiro atoms. The van der Waals surface area contributed by atoms with E-state index in [0.29, 0.717) is 0 Å². The van der Waals surface area contributed by atoms with Crippen molar-refractivity contribution in [3.8, 4) is 0 Å². The molecule has 0 aliphatic heterocycles. The fraction of sp³-hybridized carbons (Fsp3) is 0. The Kier molecular flexibility index (Phi) is 3.08. The second kappa shape index (κ2) is 5.87. The average molecular weight is 424 g/mol. The summed E-state index contributed by atoms with van der Waals surface area (Å²) >= 11 is 1.89. The number of nitrogens with zero attached hydrogens (tertiary/aromatic N) is 1. The van der Waals surface area contributed by atoms with Gasteiger partial charge in [-0.25, -0.2) is 0 Å². The van der Waals surface area contributed by atoms with E-state index >= 15 is 0 Å². The van der Waals surface area contributed by atoms with Crippen molar-refractivity contribution in [3.05, 3.63) is 103 Å². The van der Waals surface area contributed by atoms with Gasteiger partial charge >= 0.3 is 0 Å². The summed E-state index contributed by atoms with van der Waals surface area (Å²) in [5.41, 5.74) is 3.82. The number of rotatable bonds is 0. The topological polar surface area (TPSA) is 4.41 Å². The first kappa shape index (κ1) is 16.8. The van der Waals surface area contributed by atoms with Crippen molar-refractivity contribution >= 4 is 80.4 Å². The van der Waals surface area contributed by atoms with E-state index < -0.39 is 0 Å². The highest BCUT2D eigenvalue weighted by molar-refractivity contribution is 7.25. The maximum Gasteiger partial charge on any atom is 0.0548 e. The predicted octanol–water partition coefficient (Wildman–Crippen LogP) is 8.92. The van der Waals surface area contributed by atoms with Crippen LogP contribution in [0.15, 0.2) is 103 Å². The number of thiophene rings is 1. The zero-order chi connectivity index (χ0) is 20.8. The molecule has 8 aromatic rings. The smallest absolute Gasteiger partial charge is 0.0548 e. The summed E-state index contributed by atoms with van der Waals surface area (Å²) in [6.07, 6.45) is 0. The Morgan fingerprint density at radius 2 is 1.19 bits per heavy atom. The monoisotopic (exact) mass is 423 g/mol. The quantitative estimate of drug-likeness (QED) is 0.214. The number of benzene rings is 5. The zero-order valence-electron chi connectivity index (χ0n) is 17.2. The van der Waals surface area contributed by atoms with Gasteiger partial charge < -0.3 is 4.40 Å². The summed E-state index contributed by atoms with van der Waals surface area (Å²) in [5, 5.41) is 10.6. The molecule has 0 fully saturated rings. The third-order valence-corrected chi connectivity index (χ3v) is 8.05. The van der Waals surface area contributed by atoms with Crippen LogP contribution in [0.5, 0.6) is 0 Å². The SMILES string of the molecule is c1ccc2c(c1)ccc1c2c2cc3sc4ccccc4c3cc2n2c3ccccc3cc12. The van der Waals surface area contributed by atoms with E-state index in [2.05, 4.69) is 108 Å². The van der Waals surface area contributed by atoms with Crippen LogP contribution in [0.3, 0.4) is 0 Å². The molecule has 148 valence electrons. The lowest BCUT2D eigenvalue weighted by Crippen LogP contribution is -1.91. The molecule has 0 N–H and O–H groups in total. The van der Waals surface area contributed by atoms with E-state index in [-0.39, 0.29) is 0 Å². The molecule has 0 unspecified atom stereocenters. The molecular formula is C30H17NS. The van der Waals surface area contributed by atoms with Gasteiger partial charge in [0.2, 0.25) is 0 Å². The maximum absolute atomic E-state index is 2.47. The Morgan fingerprint density at radius 3 is 2.12 bits per heavy atom. The van der Waals surface area contributed by atoms with Gasteiger partial charge in [-0.1, -0.05) is 72.8 Å². The third kappa shape index (κ3) is 2.03. The average Bonchev–Trinajstić information content (AvgIpc) is 3.41. The lowest BCUT2D eigenvalue weighted by molar-refractivity contribution is 1.35. The zero-order valence-corrected chi connectivity index (χ0v) is 18.0.